The van der Waals surface area contributed by atoms with Crippen molar-refractivity contribution in [2.75, 3.05) is 6.54 Å². The van der Waals surface area contributed by atoms with E-state index in [1.54, 1.807) is 18.2 Å². The summed E-state index contributed by atoms with van der Waals surface area (Å²) >= 11 is 12.9. The van der Waals surface area contributed by atoms with E-state index in [9.17, 15) is 4.79 Å². The fraction of sp³-hybridized carbons (Fsp3) is 0.500. The van der Waals surface area contributed by atoms with Crippen molar-refractivity contribution in [2.24, 2.45) is 5.92 Å². The van der Waals surface area contributed by atoms with E-state index >= 15 is 0 Å². The molecule has 0 aliphatic heterocycles. The van der Waals surface area contributed by atoms with Crippen molar-refractivity contribution in [1.29, 1.82) is 0 Å². The number of amides is 1. The van der Waals surface area contributed by atoms with Crippen LogP contribution in [0.25, 0.3) is 0 Å². The molecular weight excluding hydrogens is 393 g/mol. The Hall–Kier alpha value is -0.0600. The maximum atomic E-state index is 12.0. The minimum atomic E-state index is -0.0928. The fourth-order valence-electron chi connectivity index (χ4n) is 1.90. The van der Waals surface area contributed by atoms with Gasteiger partial charge in [0.25, 0.3) is 5.91 Å². The minimum absolute atomic E-state index is 0.0928. The highest BCUT2D eigenvalue weighted by atomic mass is 79.9. The monoisotopic (exact) mass is 409 g/mol. The van der Waals surface area contributed by atoms with Crippen molar-refractivity contribution < 1.29 is 4.79 Å². The van der Waals surface area contributed by atoms with Crippen molar-refractivity contribution in [3.63, 3.8) is 0 Å². The molecule has 1 rings (SSSR count). The minimum Gasteiger partial charge on any atom is -0.351 e. The van der Waals surface area contributed by atoms with E-state index < -0.39 is 0 Å². The first-order chi connectivity index (χ1) is 8.99. The number of halogens is 3. The lowest BCUT2D eigenvalue weighted by Gasteiger charge is -2.19. The lowest BCUT2D eigenvalue weighted by Crippen LogP contribution is -2.32. The van der Waals surface area contributed by atoms with Gasteiger partial charge >= 0.3 is 0 Å². The Balaban J connectivity index is 2.58. The lowest BCUT2D eigenvalue weighted by atomic mass is 9.99. The Labute approximate surface area is 136 Å². The average Bonchev–Trinajstić information content (AvgIpc) is 2.40. The van der Waals surface area contributed by atoms with E-state index in [-0.39, 0.29) is 5.91 Å². The molecule has 0 spiro atoms. The van der Waals surface area contributed by atoms with Crippen LogP contribution >= 0.6 is 43.5 Å². The van der Waals surface area contributed by atoms with Crippen LogP contribution in [0.3, 0.4) is 0 Å². The van der Waals surface area contributed by atoms with Gasteiger partial charge in [0.15, 0.2) is 0 Å². The van der Waals surface area contributed by atoms with Crippen LogP contribution in [0.2, 0.25) is 5.02 Å². The first kappa shape index (κ1) is 17.0. The van der Waals surface area contributed by atoms with Gasteiger partial charge in [0.1, 0.15) is 0 Å². The molecule has 1 unspecified atom stereocenters. The van der Waals surface area contributed by atoms with Gasteiger partial charge in [-0.1, -0.05) is 54.2 Å². The summed E-state index contributed by atoms with van der Waals surface area (Å²) in [7, 11) is 0. The van der Waals surface area contributed by atoms with E-state index in [0.717, 1.165) is 17.3 Å². The van der Waals surface area contributed by atoms with Gasteiger partial charge in [-0.05, 0) is 40.0 Å². The lowest BCUT2D eigenvalue weighted by molar-refractivity contribution is 0.0952. The summed E-state index contributed by atoms with van der Waals surface area (Å²) in [5.74, 6) is 0.485. The van der Waals surface area contributed by atoms with Gasteiger partial charge in [-0.3, -0.25) is 4.79 Å². The molecule has 0 radical (unpaired) electrons. The van der Waals surface area contributed by atoms with Gasteiger partial charge in [0.05, 0.1) is 5.02 Å². The van der Waals surface area contributed by atoms with Crippen molar-refractivity contribution in [3.05, 3.63) is 33.3 Å². The Morgan fingerprint density at radius 2 is 2.00 bits per heavy atom. The molecular formula is C14H18Br2ClNO. The van der Waals surface area contributed by atoms with Crippen LogP contribution in [0.4, 0.5) is 0 Å². The third-order valence-electron chi connectivity index (χ3n) is 3.20. The molecule has 0 saturated heterocycles. The molecule has 1 atom stereocenters. The maximum Gasteiger partial charge on any atom is 0.251 e. The molecule has 1 amide bonds. The number of nitrogens with one attached hydrogen (secondary N) is 1. The second kappa shape index (κ2) is 8.28. The molecule has 106 valence electrons. The quantitative estimate of drug-likeness (QED) is 0.654. The summed E-state index contributed by atoms with van der Waals surface area (Å²) in [5, 5.41) is 3.48. The summed E-state index contributed by atoms with van der Waals surface area (Å²) in [6, 6.07) is 5.21. The highest BCUT2D eigenvalue weighted by molar-refractivity contribution is 9.10. The first-order valence-electron chi connectivity index (χ1n) is 6.36. The topological polar surface area (TPSA) is 29.1 Å². The van der Waals surface area contributed by atoms with Crippen LogP contribution in [0.5, 0.6) is 0 Å². The van der Waals surface area contributed by atoms with Gasteiger partial charge in [0.2, 0.25) is 0 Å². The van der Waals surface area contributed by atoms with Crippen LogP contribution in [-0.4, -0.2) is 17.3 Å². The van der Waals surface area contributed by atoms with E-state index in [1.165, 1.54) is 0 Å². The molecule has 0 aromatic heterocycles. The highest BCUT2D eigenvalue weighted by Gasteiger charge is 2.16. The molecule has 0 bridgehead atoms. The Bertz CT molecular complexity index is 435. The number of carbonyl (C=O) groups is 1. The molecule has 0 aliphatic rings. The summed E-state index contributed by atoms with van der Waals surface area (Å²) in [6.07, 6.45) is 2.21. The van der Waals surface area contributed by atoms with Crippen molar-refractivity contribution in [3.8, 4) is 0 Å². The Morgan fingerprint density at radius 1 is 1.37 bits per heavy atom. The van der Waals surface area contributed by atoms with E-state index in [1.807, 2.05) is 0 Å². The van der Waals surface area contributed by atoms with Crippen LogP contribution in [0, 0.1) is 5.92 Å². The van der Waals surface area contributed by atoms with Gasteiger partial charge in [-0.25, -0.2) is 0 Å². The predicted octanol–water partition coefficient (Wildman–Crippen LogP) is 5.03. The van der Waals surface area contributed by atoms with E-state index in [2.05, 4.69) is 51.0 Å². The third-order valence-corrected chi connectivity index (χ3v) is 5.50. The number of hydrogen-bond donors (Lipinski definition) is 1. The number of hydrogen-bond acceptors (Lipinski definition) is 1. The van der Waals surface area contributed by atoms with Crippen LogP contribution in [0.15, 0.2) is 22.7 Å². The standard InChI is InChI=1S/C14H18Br2ClNO/c1-3-9(4-2)12(16)8-18-14(19)10-5-6-11(15)13(17)7-10/h5-7,9,12H,3-4,8H2,1-2H3,(H,18,19). The van der Waals surface area contributed by atoms with Gasteiger partial charge in [-0.15, -0.1) is 0 Å². The second-order valence-electron chi connectivity index (χ2n) is 4.43. The highest BCUT2D eigenvalue weighted by Crippen LogP contribution is 2.23. The molecule has 19 heavy (non-hydrogen) atoms. The summed E-state index contributed by atoms with van der Waals surface area (Å²) in [4.78, 5) is 12.3. The van der Waals surface area contributed by atoms with Crippen LogP contribution in [-0.2, 0) is 0 Å². The largest absolute Gasteiger partial charge is 0.351 e. The number of benzene rings is 1. The zero-order chi connectivity index (χ0) is 14.4. The summed E-state index contributed by atoms with van der Waals surface area (Å²) in [6.45, 7) is 4.95. The summed E-state index contributed by atoms with van der Waals surface area (Å²) in [5.41, 5.74) is 0.581. The zero-order valence-corrected chi connectivity index (χ0v) is 15.0. The van der Waals surface area contributed by atoms with Crippen molar-refractivity contribution in [2.45, 2.75) is 31.5 Å². The first-order valence-corrected chi connectivity index (χ1v) is 8.45. The van der Waals surface area contributed by atoms with Crippen molar-refractivity contribution >= 4 is 49.4 Å². The SMILES string of the molecule is CCC(CC)C(Br)CNC(=O)c1ccc(Br)c(Cl)c1. The van der Waals surface area contributed by atoms with Gasteiger partial charge < -0.3 is 5.32 Å². The Kier molecular flexibility index (Phi) is 7.40. The van der Waals surface area contributed by atoms with E-state index in [0.29, 0.717) is 27.9 Å². The summed E-state index contributed by atoms with van der Waals surface area (Å²) < 4.78 is 0.793. The average molecular weight is 412 g/mol. The molecule has 1 aromatic carbocycles. The normalized spacial score (nSPS) is 12.5. The van der Waals surface area contributed by atoms with Crippen LogP contribution < -0.4 is 5.32 Å². The smallest absolute Gasteiger partial charge is 0.251 e. The van der Waals surface area contributed by atoms with Gasteiger partial charge in [0, 0.05) is 21.4 Å². The molecule has 2 nitrogen and oxygen atoms in total. The number of rotatable bonds is 6. The predicted molar refractivity (Wildman–Crippen MR) is 88.3 cm³/mol. The maximum absolute atomic E-state index is 12.0. The fourth-order valence-corrected chi connectivity index (χ4v) is 3.23. The molecule has 1 aromatic rings. The Morgan fingerprint density at radius 3 is 2.53 bits per heavy atom. The molecule has 1 N–H and O–H groups in total. The van der Waals surface area contributed by atoms with Gasteiger partial charge in [-0.2, -0.15) is 0 Å². The van der Waals surface area contributed by atoms with E-state index in [4.69, 9.17) is 11.6 Å². The molecule has 5 heteroatoms. The molecule has 0 aliphatic carbocycles. The molecule has 0 saturated carbocycles. The second-order valence-corrected chi connectivity index (χ2v) is 6.87. The molecule has 0 fully saturated rings. The molecule has 0 heterocycles. The number of carbonyl (C=O) groups excluding carboxylic acids is 1. The zero-order valence-electron chi connectivity index (χ0n) is 11.1. The van der Waals surface area contributed by atoms with Crippen molar-refractivity contribution in [1.82, 2.24) is 5.32 Å². The third kappa shape index (κ3) is 5.09. The number of alkyl halides is 1. The van der Waals surface area contributed by atoms with Crippen LogP contribution in [0.1, 0.15) is 37.0 Å².